The van der Waals surface area contributed by atoms with Gasteiger partial charge in [-0.3, -0.25) is 4.79 Å². The van der Waals surface area contributed by atoms with Crippen LogP contribution in [-0.4, -0.2) is 12.1 Å². The molecule has 1 heterocycles. The van der Waals surface area contributed by atoms with Crippen molar-refractivity contribution in [1.82, 2.24) is 5.32 Å². The average molecular weight is 264 g/mol. The Morgan fingerprint density at radius 2 is 1.70 bits per heavy atom. The highest BCUT2D eigenvalue weighted by Crippen LogP contribution is 2.22. The molecule has 1 aliphatic rings. The fraction of sp³-hybridized carbons (Fsp3) is 0.118. The molecule has 2 aromatic rings. The SMILES string of the molecule is CC(=Cc1ccccc1)C1NC(=O)c2ccccc2N1. The molecule has 0 spiro atoms. The van der Waals surface area contributed by atoms with Crippen molar-refractivity contribution in [3.8, 4) is 0 Å². The number of fused-ring (bicyclic) bond motifs is 1. The van der Waals surface area contributed by atoms with Gasteiger partial charge in [0.15, 0.2) is 0 Å². The first-order valence-corrected chi connectivity index (χ1v) is 6.64. The highest BCUT2D eigenvalue weighted by Gasteiger charge is 2.23. The zero-order valence-corrected chi connectivity index (χ0v) is 11.3. The number of carbonyl (C=O) groups is 1. The second kappa shape index (κ2) is 5.21. The minimum absolute atomic E-state index is 0.0369. The van der Waals surface area contributed by atoms with Crippen LogP contribution >= 0.6 is 0 Å². The minimum Gasteiger partial charge on any atom is -0.361 e. The number of carbonyl (C=O) groups excluding carboxylic acids is 1. The van der Waals surface area contributed by atoms with Gasteiger partial charge in [0.25, 0.3) is 5.91 Å². The lowest BCUT2D eigenvalue weighted by Crippen LogP contribution is -2.45. The van der Waals surface area contributed by atoms with Gasteiger partial charge in [-0.1, -0.05) is 48.5 Å². The molecule has 3 rings (SSSR count). The quantitative estimate of drug-likeness (QED) is 0.874. The van der Waals surface area contributed by atoms with Crippen LogP contribution in [0.3, 0.4) is 0 Å². The summed E-state index contributed by atoms with van der Waals surface area (Å²) in [6.45, 7) is 2.01. The van der Waals surface area contributed by atoms with Crippen molar-refractivity contribution in [2.75, 3.05) is 5.32 Å². The van der Waals surface area contributed by atoms with Gasteiger partial charge in [0.2, 0.25) is 0 Å². The van der Waals surface area contributed by atoms with Gasteiger partial charge in [-0.05, 0) is 30.2 Å². The maximum absolute atomic E-state index is 12.1. The molecule has 0 aromatic heterocycles. The molecule has 3 nitrogen and oxygen atoms in total. The van der Waals surface area contributed by atoms with Crippen LogP contribution in [0.4, 0.5) is 5.69 Å². The van der Waals surface area contributed by atoms with E-state index in [1.54, 1.807) is 0 Å². The highest BCUT2D eigenvalue weighted by atomic mass is 16.2. The first kappa shape index (κ1) is 12.5. The molecular weight excluding hydrogens is 248 g/mol. The van der Waals surface area contributed by atoms with Crippen molar-refractivity contribution in [1.29, 1.82) is 0 Å². The van der Waals surface area contributed by atoms with E-state index >= 15 is 0 Å². The van der Waals surface area contributed by atoms with Gasteiger partial charge in [-0.25, -0.2) is 0 Å². The summed E-state index contributed by atoms with van der Waals surface area (Å²) < 4.78 is 0. The third-order valence-electron chi connectivity index (χ3n) is 3.40. The van der Waals surface area contributed by atoms with Crippen molar-refractivity contribution in [3.05, 3.63) is 71.3 Å². The number of anilines is 1. The second-order valence-corrected chi connectivity index (χ2v) is 4.90. The van der Waals surface area contributed by atoms with Crippen molar-refractivity contribution in [2.24, 2.45) is 0 Å². The summed E-state index contributed by atoms with van der Waals surface area (Å²) in [5.41, 5.74) is 3.76. The smallest absolute Gasteiger partial charge is 0.255 e. The van der Waals surface area contributed by atoms with Crippen LogP contribution in [0.5, 0.6) is 0 Å². The monoisotopic (exact) mass is 264 g/mol. The van der Waals surface area contributed by atoms with E-state index in [-0.39, 0.29) is 12.1 Å². The lowest BCUT2D eigenvalue weighted by molar-refractivity contribution is 0.0941. The molecule has 1 atom stereocenters. The molecule has 2 N–H and O–H groups in total. The lowest BCUT2D eigenvalue weighted by atomic mass is 10.0. The molecule has 2 aromatic carbocycles. The standard InChI is InChI=1S/C17H16N2O/c1-12(11-13-7-3-2-4-8-13)16-18-15-10-6-5-9-14(15)17(20)19-16/h2-11,16,18H,1H3,(H,19,20). The molecule has 1 unspecified atom stereocenters. The fourth-order valence-electron chi connectivity index (χ4n) is 2.33. The topological polar surface area (TPSA) is 41.1 Å². The van der Waals surface area contributed by atoms with Gasteiger partial charge in [-0.15, -0.1) is 0 Å². The number of amides is 1. The van der Waals surface area contributed by atoms with E-state index in [2.05, 4.69) is 16.7 Å². The summed E-state index contributed by atoms with van der Waals surface area (Å²) in [7, 11) is 0. The Bertz CT molecular complexity index is 662. The largest absolute Gasteiger partial charge is 0.361 e. The minimum atomic E-state index is -0.169. The van der Waals surface area contributed by atoms with Crippen molar-refractivity contribution in [3.63, 3.8) is 0 Å². The van der Waals surface area contributed by atoms with E-state index in [9.17, 15) is 4.79 Å². The molecular formula is C17H16N2O. The first-order valence-electron chi connectivity index (χ1n) is 6.64. The zero-order valence-electron chi connectivity index (χ0n) is 11.3. The molecule has 1 amide bonds. The summed E-state index contributed by atoms with van der Waals surface area (Å²) in [5, 5.41) is 6.32. The van der Waals surface area contributed by atoms with E-state index in [1.165, 1.54) is 0 Å². The molecule has 0 saturated carbocycles. The van der Waals surface area contributed by atoms with Crippen molar-refractivity contribution < 1.29 is 4.79 Å². The predicted octanol–water partition coefficient (Wildman–Crippen LogP) is 3.27. The number of hydrogen-bond donors (Lipinski definition) is 2. The van der Waals surface area contributed by atoms with E-state index in [4.69, 9.17) is 0 Å². The Morgan fingerprint density at radius 1 is 1.00 bits per heavy atom. The van der Waals surface area contributed by atoms with Gasteiger partial charge >= 0.3 is 0 Å². The summed E-state index contributed by atoms with van der Waals surface area (Å²) in [6.07, 6.45) is 1.91. The van der Waals surface area contributed by atoms with Crippen LogP contribution in [0, 0.1) is 0 Å². The third kappa shape index (κ3) is 2.43. The molecule has 100 valence electrons. The molecule has 0 aliphatic carbocycles. The average Bonchev–Trinajstić information content (AvgIpc) is 2.48. The first-order chi connectivity index (χ1) is 9.74. The predicted molar refractivity (Wildman–Crippen MR) is 81.4 cm³/mol. The molecule has 20 heavy (non-hydrogen) atoms. The summed E-state index contributed by atoms with van der Waals surface area (Å²) >= 11 is 0. The Morgan fingerprint density at radius 3 is 2.50 bits per heavy atom. The maximum atomic E-state index is 12.1. The summed E-state index contributed by atoms with van der Waals surface area (Å²) in [4.78, 5) is 12.1. The van der Waals surface area contributed by atoms with Gasteiger partial charge in [0.1, 0.15) is 6.17 Å². The van der Waals surface area contributed by atoms with Crippen LogP contribution in [0.25, 0.3) is 6.08 Å². The maximum Gasteiger partial charge on any atom is 0.255 e. The van der Waals surface area contributed by atoms with Gasteiger partial charge in [0.05, 0.1) is 5.56 Å². The normalized spacial score (nSPS) is 17.9. The van der Waals surface area contributed by atoms with E-state index in [0.29, 0.717) is 5.56 Å². The number of benzene rings is 2. The summed E-state index contributed by atoms with van der Waals surface area (Å²) in [5.74, 6) is -0.0369. The molecule has 0 bridgehead atoms. The van der Waals surface area contributed by atoms with Crippen LogP contribution in [0.1, 0.15) is 22.8 Å². The van der Waals surface area contributed by atoms with E-state index in [0.717, 1.165) is 16.8 Å². The number of para-hydroxylation sites is 1. The van der Waals surface area contributed by atoms with Crippen LogP contribution in [0.2, 0.25) is 0 Å². The van der Waals surface area contributed by atoms with Crippen LogP contribution in [0.15, 0.2) is 60.2 Å². The van der Waals surface area contributed by atoms with Gasteiger partial charge in [0, 0.05) is 5.69 Å². The van der Waals surface area contributed by atoms with Crippen LogP contribution < -0.4 is 10.6 Å². The van der Waals surface area contributed by atoms with Crippen molar-refractivity contribution >= 4 is 17.7 Å². The summed E-state index contributed by atoms with van der Waals surface area (Å²) in [6, 6.07) is 17.6. The van der Waals surface area contributed by atoms with Gasteiger partial charge < -0.3 is 10.6 Å². The molecule has 0 radical (unpaired) electrons. The number of hydrogen-bond acceptors (Lipinski definition) is 2. The Kier molecular flexibility index (Phi) is 3.25. The van der Waals surface area contributed by atoms with E-state index < -0.39 is 0 Å². The highest BCUT2D eigenvalue weighted by molar-refractivity contribution is 6.02. The lowest BCUT2D eigenvalue weighted by Gasteiger charge is -2.28. The Labute approximate surface area is 118 Å². The molecule has 1 aliphatic heterocycles. The fourth-order valence-corrected chi connectivity index (χ4v) is 2.33. The zero-order chi connectivity index (χ0) is 13.9. The Balaban J connectivity index is 1.86. The van der Waals surface area contributed by atoms with E-state index in [1.807, 2.05) is 61.5 Å². The molecule has 0 fully saturated rings. The molecule has 0 saturated heterocycles. The van der Waals surface area contributed by atoms with Crippen molar-refractivity contribution in [2.45, 2.75) is 13.1 Å². The number of nitrogens with one attached hydrogen (secondary N) is 2. The Hall–Kier alpha value is -2.55. The number of rotatable bonds is 2. The third-order valence-corrected chi connectivity index (χ3v) is 3.40. The van der Waals surface area contributed by atoms with Crippen LogP contribution in [-0.2, 0) is 0 Å². The molecule has 3 heteroatoms. The second-order valence-electron chi connectivity index (χ2n) is 4.90. The van der Waals surface area contributed by atoms with Gasteiger partial charge in [-0.2, -0.15) is 0 Å².